The minimum atomic E-state index is -3.74. The highest BCUT2D eigenvalue weighted by atomic mass is 32.2. The van der Waals surface area contributed by atoms with E-state index in [0.29, 0.717) is 17.7 Å². The molecule has 2 aromatic heterocycles. The maximum Gasteiger partial charge on any atom is 0.250 e. The number of carbonyl (C=O) groups excluding carboxylic acids is 1. The molecule has 32 heavy (non-hydrogen) atoms. The summed E-state index contributed by atoms with van der Waals surface area (Å²) in [5, 5.41) is -0.445. The molecule has 0 spiro atoms. The topological polar surface area (TPSA) is 117 Å². The van der Waals surface area contributed by atoms with E-state index in [4.69, 9.17) is 9.47 Å². The van der Waals surface area contributed by atoms with E-state index in [2.05, 4.69) is 9.97 Å². The average molecular weight is 460 g/mol. The molecule has 170 valence electrons. The van der Waals surface area contributed by atoms with E-state index in [9.17, 15) is 18.0 Å². The molecule has 0 aromatic carbocycles. The molecule has 2 heterocycles. The van der Waals surface area contributed by atoms with E-state index >= 15 is 0 Å². The molecule has 0 aliphatic heterocycles. The molecule has 1 atom stereocenters. The van der Waals surface area contributed by atoms with Crippen LogP contribution in [0.25, 0.3) is 11.3 Å². The van der Waals surface area contributed by atoms with Gasteiger partial charge in [0.2, 0.25) is 15.0 Å². The Bertz CT molecular complexity index is 1290. The van der Waals surface area contributed by atoms with E-state index in [1.54, 1.807) is 20.4 Å². The highest BCUT2D eigenvalue weighted by Crippen LogP contribution is 2.32. The lowest BCUT2D eigenvalue weighted by Crippen LogP contribution is -2.33. The van der Waals surface area contributed by atoms with Crippen molar-refractivity contribution in [3.05, 3.63) is 63.9 Å². The minimum absolute atomic E-state index is 0.0188. The van der Waals surface area contributed by atoms with E-state index in [1.165, 1.54) is 29.7 Å². The third-order valence-corrected chi connectivity index (χ3v) is 6.14. The molecule has 10 heteroatoms. The smallest absolute Gasteiger partial charge is 0.250 e. The van der Waals surface area contributed by atoms with Gasteiger partial charge >= 0.3 is 0 Å². The van der Waals surface area contributed by atoms with Crippen LogP contribution in [0.4, 0.5) is 0 Å². The molecular weight excluding hydrogens is 434 g/mol. The molecule has 0 amide bonds. The molecule has 0 fully saturated rings. The fraction of sp³-hybridized carbons (Fsp3) is 0.364. The molecular formula is C22H25N3O6S. The van der Waals surface area contributed by atoms with Gasteiger partial charge in [0.1, 0.15) is 17.1 Å². The number of nitrogens with zero attached hydrogens (tertiary/aromatic N) is 3. The maximum atomic E-state index is 12.5. The van der Waals surface area contributed by atoms with Crippen molar-refractivity contribution in [2.45, 2.75) is 37.6 Å². The van der Waals surface area contributed by atoms with Crippen LogP contribution >= 0.6 is 0 Å². The summed E-state index contributed by atoms with van der Waals surface area (Å²) < 4.78 is 36.5. The average Bonchev–Trinajstić information content (AvgIpc) is 2.75. The number of hydrogen-bond acceptors (Lipinski definition) is 8. The lowest BCUT2D eigenvalue weighted by Gasteiger charge is -2.32. The fourth-order valence-electron chi connectivity index (χ4n) is 3.30. The quantitative estimate of drug-likeness (QED) is 0.457. The van der Waals surface area contributed by atoms with E-state index in [1.807, 2.05) is 19.1 Å². The van der Waals surface area contributed by atoms with Gasteiger partial charge in [-0.15, -0.1) is 0 Å². The van der Waals surface area contributed by atoms with Gasteiger partial charge in [0.15, 0.2) is 5.78 Å². The van der Waals surface area contributed by atoms with Crippen LogP contribution in [-0.2, 0) is 25.9 Å². The Balaban J connectivity index is 2.02. The zero-order valence-corrected chi connectivity index (χ0v) is 19.4. The van der Waals surface area contributed by atoms with E-state index < -0.39 is 26.4 Å². The first-order valence-electron chi connectivity index (χ1n) is 9.78. The zero-order chi connectivity index (χ0) is 23.7. The molecule has 2 aromatic rings. The summed E-state index contributed by atoms with van der Waals surface area (Å²) in [6.07, 6.45) is 6.95. The standard InChI is InChI=1S/C22H25N3O6S/c1-14(26)17-11-18(24-21(23-17)32(5,28)29)16-6-7-20(27)25(13-16)12-15-8-9-22(2,31-4)19(10-15)30-3/h6-8,10-11,13H,9,12H2,1-5H3. The number of ketones is 1. The van der Waals surface area contributed by atoms with Gasteiger partial charge in [-0.2, -0.15) is 0 Å². The van der Waals surface area contributed by atoms with Gasteiger partial charge in [0.25, 0.3) is 5.56 Å². The monoisotopic (exact) mass is 459 g/mol. The molecule has 0 N–H and O–H groups in total. The molecule has 0 saturated carbocycles. The molecule has 1 unspecified atom stereocenters. The van der Waals surface area contributed by atoms with Crippen LogP contribution in [0.5, 0.6) is 0 Å². The van der Waals surface area contributed by atoms with Crippen molar-refractivity contribution in [2.24, 2.45) is 0 Å². The van der Waals surface area contributed by atoms with E-state index in [0.717, 1.165) is 11.8 Å². The number of aromatic nitrogens is 3. The van der Waals surface area contributed by atoms with Crippen LogP contribution < -0.4 is 5.56 Å². The second-order valence-electron chi connectivity index (χ2n) is 7.76. The molecule has 1 aliphatic rings. The Morgan fingerprint density at radius 2 is 1.97 bits per heavy atom. The van der Waals surface area contributed by atoms with Crippen LogP contribution in [0.1, 0.15) is 30.8 Å². The second kappa shape index (κ2) is 8.79. The normalized spacial score (nSPS) is 18.7. The lowest BCUT2D eigenvalue weighted by molar-refractivity contribution is -0.00432. The van der Waals surface area contributed by atoms with Crippen molar-refractivity contribution in [3.8, 4) is 11.3 Å². The summed E-state index contributed by atoms with van der Waals surface area (Å²) in [4.78, 5) is 32.3. The van der Waals surface area contributed by atoms with Crippen LogP contribution in [-0.4, -0.2) is 54.8 Å². The number of Topliss-reactive ketones (excluding diaryl/α,β-unsaturated/α-hetero) is 1. The first-order chi connectivity index (χ1) is 15.0. The molecule has 0 bridgehead atoms. The number of carbonyl (C=O) groups is 1. The first-order valence-corrected chi connectivity index (χ1v) is 11.7. The minimum Gasteiger partial charge on any atom is -0.498 e. The molecule has 0 radical (unpaired) electrons. The number of pyridine rings is 1. The van der Waals surface area contributed by atoms with Crippen molar-refractivity contribution >= 4 is 15.6 Å². The summed E-state index contributed by atoms with van der Waals surface area (Å²) in [7, 11) is -0.557. The highest BCUT2D eigenvalue weighted by Gasteiger charge is 2.32. The number of rotatable bonds is 7. The predicted molar refractivity (Wildman–Crippen MR) is 118 cm³/mol. The maximum absolute atomic E-state index is 12.5. The second-order valence-corrected chi connectivity index (χ2v) is 9.67. The van der Waals surface area contributed by atoms with Crippen LogP contribution in [0.2, 0.25) is 0 Å². The molecule has 3 rings (SSSR count). The Morgan fingerprint density at radius 3 is 2.56 bits per heavy atom. The van der Waals surface area contributed by atoms with Crippen LogP contribution in [0, 0.1) is 0 Å². The molecule has 1 aliphatic carbocycles. The van der Waals surface area contributed by atoms with Gasteiger partial charge in [0.05, 0.1) is 19.3 Å². The fourth-order valence-corrected chi connectivity index (χ4v) is 3.83. The van der Waals surface area contributed by atoms with Crippen LogP contribution in [0.3, 0.4) is 0 Å². The summed E-state index contributed by atoms with van der Waals surface area (Å²) in [6.45, 7) is 3.48. The third-order valence-electron chi connectivity index (χ3n) is 5.29. The Morgan fingerprint density at radius 1 is 1.25 bits per heavy atom. The van der Waals surface area contributed by atoms with Crippen molar-refractivity contribution in [3.63, 3.8) is 0 Å². The van der Waals surface area contributed by atoms with Crippen molar-refractivity contribution in [1.82, 2.24) is 14.5 Å². The summed E-state index contributed by atoms with van der Waals surface area (Å²) in [5.74, 6) is 0.263. The zero-order valence-electron chi connectivity index (χ0n) is 18.6. The predicted octanol–water partition coefficient (Wildman–Crippen LogP) is 2.18. The van der Waals surface area contributed by atoms with Crippen molar-refractivity contribution in [2.75, 3.05) is 20.5 Å². The van der Waals surface area contributed by atoms with Crippen LogP contribution in [0.15, 0.2) is 57.8 Å². The number of sulfone groups is 1. The Hall–Kier alpha value is -3.11. The number of methoxy groups -OCH3 is 2. The first kappa shape index (κ1) is 23.6. The van der Waals surface area contributed by atoms with Crippen molar-refractivity contribution in [1.29, 1.82) is 0 Å². The summed E-state index contributed by atoms with van der Waals surface area (Å²) in [5.41, 5.74) is 0.739. The van der Waals surface area contributed by atoms with E-state index in [-0.39, 0.29) is 23.5 Å². The largest absolute Gasteiger partial charge is 0.498 e. The SMILES string of the molecule is COC1=CC(Cn2cc(-c3cc(C(C)=O)nc(S(C)(=O)=O)n3)ccc2=O)=CCC1(C)OC. The van der Waals surface area contributed by atoms with Gasteiger partial charge in [0, 0.05) is 44.5 Å². The number of hydrogen-bond donors (Lipinski definition) is 0. The van der Waals surface area contributed by atoms with Gasteiger partial charge in [-0.05, 0) is 30.7 Å². The van der Waals surface area contributed by atoms with Crippen molar-refractivity contribution < 1.29 is 22.7 Å². The number of ether oxygens (including phenoxy) is 2. The van der Waals surface area contributed by atoms with Gasteiger partial charge in [-0.1, -0.05) is 6.08 Å². The summed E-state index contributed by atoms with van der Waals surface area (Å²) >= 11 is 0. The highest BCUT2D eigenvalue weighted by molar-refractivity contribution is 7.90. The Labute approximate surface area is 186 Å². The molecule has 9 nitrogen and oxygen atoms in total. The number of allylic oxidation sites excluding steroid dienone is 2. The van der Waals surface area contributed by atoms with Gasteiger partial charge in [-0.25, -0.2) is 18.4 Å². The van der Waals surface area contributed by atoms with Gasteiger partial charge in [-0.3, -0.25) is 9.59 Å². The molecule has 0 saturated heterocycles. The lowest BCUT2D eigenvalue weighted by atomic mass is 9.91. The third kappa shape index (κ3) is 4.86. The Kier molecular flexibility index (Phi) is 6.47. The summed E-state index contributed by atoms with van der Waals surface area (Å²) in [6, 6.07) is 4.31. The van der Waals surface area contributed by atoms with Gasteiger partial charge < -0.3 is 14.0 Å².